The number of rotatable bonds is 4. The van der Waals surface area contributed by atoms with Crippen LogP contribution in [0.5, 0.6) is 0 Å². The predicted octanol–water partition coefficient (Wildman–Crippen LogP) is 3.04. The highest BCUT2D eigenvalue weighted by Crippen LogP contribution is 2.30. The summed E-state index contributed by atoms with van der Waals surface area (Å²) >= 11 is 0. The van der Waals surface area contributed by atoms with E-state index in [1.54, 1.807) is 0 Å². The normalized spacial score (nSPS) is 18.9. The van der Waals surface area contributed by atoms with E-state index in [4.69, 9.17) is 0 Å². The first kappa shape index (κ1) is 13.1. The third kappa shape index (κ3) is 2.52. The van der Waals surface area contributed by atoms with Crippen LogP contribution in [0.25, 0.3) is 0 Å². The fraction of sp³-hybridized carbons (Fsp3) is 0.278. The molecule has 0 aliphatic heterocycles. The number of aryl methyl sites for hydroxylation is 1. The maximum Gasteiger partial charge on any atom is 0.169 e. The topological polar surface area (TPSA) is 37.3 Å². The molecule has 0 heterocycles. The summed E-state index contributed by atoms with van der Waals surface area (Å²) in [4.78, 5) is 12.3. The van der Waals surface area contributed by atoms with Gasteiger partial charge in [-0.05, 0) is 30.4 Å². The van der Waals surface area contributed by atoms with E-state index >= 15 is 0 Å². The predicted molar refractivity (Wildman–Crippen MR) is 78.7 cm³/mol. The van der Waals surface area contributed by atoms with Crippen LogP contribution in [0.3, 0.4) is 0 Å². The number of carbonyl (C=O) groups is 1. The molecule has 102 valence electrons. The standard InChI is InChI=1S/C18H18O2/c19-17(11-10-13-6-2-1-3-7-13)16-12-14-8-4-5-9-15(14)18(16)20/h1-9,16-17,19H,10-12H2/t16-,17+/m1/s1. The van der Waals surface area contributed by atoms with Gasteiger partial charge in [0.15, 0.2) is 5.78 Å². The number of benzene rings is 2. The van der Waals surface area contributed by atoms with Crippen LogP contribution in [-0.2, 0) is 12.8 Å². The molecule has 20 heavy (non-hydrogen) atoms. The van der Waals surface area contributed by atoms with Crippen molar-refractivity contribution in [1.82, 2.24) is 0 Å². The third-order valence-corrected chi connectivity index (χ3v) is 4.10. The van der Waals surface area contributed by atoms with Gasteiger partial charge < -0.3 is 5.11 Å². The number of Topliss-reactive ketones (excluding diaryl/α,β-unsaturated/α-hetero) is 1. The van der Waals surface area contributed by atoms with Crippen LogP contribution in [0.2, 0.25) is 0 Å². The van der Waals surface area contributed by atoms with Crippen LogP contribution in [0.4, 0.5) is 0 Å². The van der Waals surface area contributed by atoms with Gasteiger partial charge in [0.25, 0.3) is 0 Å². The van der Waals surface area contributed by atoms with Gasteiger partial charge in [-0.3, -0.25) is 4.79 Å². The Morgan fingerprint density at radius 3 is 2.50 bits per heavy atom. The van der Waals surface area contributed by atoms with Crippen molar-refractivity contribution in [3.05, 3.63) is 71.3 Å². The van der Waals surface area contributed by atoms with Crippen molar-refractivity contribution in [3.8, 4) is 0 Å². The lowest BCUT2D eigenvalue weighted by molar-refractivity contribution is 0.0686. The SMILES string of the molecule is O=C1c2ccccc2C[C@@H]1[C@@H](O)CCc1ccccc1. The molecule has 1 aliphatic rings. The Bertz CT molecular complexity index is 604. The lowest BCUT2D eigenvalue weighted by Crippen LogP contribution is -2.26. The lowest BCUT2D eigenvalue weighted by atomic mass is 9.93. The van der Waals surface area contributed by atoms with Gasteiger partial charge in [-0.15, -0.1) is 0 Å². The molecule has 2 atom stereocenters. The maximum absolute atomic E-state index is 12.3. The fourth-order valence-corrected chi connectivity index (χ4v) is 2.94. The monoisotopic (exact) mass is 266 g/mol. The first-order chi connectivity index (χ1) is 9.75. The summed E-state index contributed by atoms with van der Waals surface area (Å²) in [7, 11) is 0. The number of hydrogen-bond donors (Lipinski definition) is 1. The maximum atomic E-state index is 12.3. The minimum absolute atomic E-state index is 0.0983. The molecule has 2 nitrogen and oxygen atoms in total. The molecule has 3 rings (SSSR count). The zero-order chi connectivity index (χ0) is 13.9. The smallest absolute Gasteiger partial charge is 0.169 e. The van der Waals surface area contributed by atoms with Gasteiger partial charge >= 0.3 is 0 Å². The molecule has 1 N–H and O–H groups in total. The van der Waals surface area contributed by atoms with Gasteiger partial charge in [0, 0.05) is 5.56 Å². The molecule has 0 unspecified atom stereocenters. The van der Waals surface area contributed by atoms with Gasteiger partial charge in [0.1, 0.15) is 0 Å². The van der Waals surface area contributed by atoms with Crippen LogP contribution in [0.1, 0.15) is 27.9 Å². The summed E-state index contributed by atoms with van der Waals surface area (Å²) < 4.78 is 0. The number of aliphatic hydroxyl groups excluding tert-OH is 1. The first-order valence-corrected chi connectivity index (χ1v) is 7.10. The molecule has 0 aromatic heterocycles. The average molecular weight is 266 g/mol. The van der Waals surface area contributed by atoms with Gasteiger partial charge in [-0.2, -0.15) is 0 Å². The van der Waals surface area contributed by atoms with Crippen molar-refractivity contribution in [2.24, 2.45) is 5.92 Å². The van der Waals surface area contributed by atoms with Gasteiger partial charge in [0.05, 0.1) is 12.0 Å². The molecule has 0 saturated heterocycles. The Morgan fingerprint density at radius 2 is 1.75 bits per heavy atom. The van der Waals surface area contributed by atoms with E-state index in [0.717, 1.165) is 17.5 Å². The summed E-state index contributed by atoms with van der Waals surface area (Å²) in [5.74, 6) is -0.169. The second-order valence-electron chi connectivity index (χ2n) is 5.42. The summed E-state index contributed by atoms with van der Waals surface area (Å²) in [6.45, 7) is 0. The van der Waals surface area contributed by atoms with E-state index in [1.165, 1.54) is 5.56 Å². The molecule has 2 aromatic rings. The molecule has 0 spiro atoms. The zero-order valence-electron chi connectivity index (χ0n) is 11.3. The average Bonchev–Trinajstić information content (AvgIpc) is 2.84. The van der Waals surface area contributed by atoms with Crippen LogP contribution >= 0.6 is 0 Å². The molecule has 0 amide bonds. The second kappa shape index (κ2) is 5.59. The van der Waals surface area contributed by atoms with E-state index < -0.39 is 6.10 Å². The summed E-state index contributed by atoms with van der Waals surface area (Å²) in [5.41, 5.74) is 3.06. The zero-order valence-corrected chi connectivity index (χ0v) is 11.3. The molecule has 2 aromatic carbocycles. The summed E-state index contributed by atoms with van der Waals surface area (Å²) in [5, 5.41) is 10.3. The number of carbonyl (C=O) groups excluding carboxylic acids is 1. The highest BCUT2D eigenvalue weighted by molar-refractivity contribution is 6.02. The van der Waals surface area contributed by atoms with Crippen molar-refractivity contribution in [2.45, 2.75) is 25.4 Å². The van der Waals surface area contributed by atoms with Crippen LogP contribution in [-0.4, -0.2) is 17.0 Å². The molecule has 0 saturated carbocycles. The first-order valence-electron chi connectivity index (χ1n) is 7.10. The number of aliphatic hydroxyl groups is 1. The van der Waals surface area contributed by atoms with Gasteiger partial charge in [-0.25, -0.2) is 0 Å². The van der Waals surface area contributed by atoms with E-state index in [-0.39, 0.29) is 11.7 Å². The third-order valence-electron chi connectivity index (χ3n) is 4.10. The highest BCUT2D eigenvalue weighted by Gasteiger charge is 2.34. The van der Waals surface area contributed by atoms with Crippen LogP contribution in [0, 0.1) is 5.92 Å². The quantitative estimate of drug-likeness (QED) is 0.923. The molecule has 0 fully saturated rings. The van der Waals surface area contributed by atoms with Crippen molar-refractivity contribution >= 4 is 5.78 Å². The fourth-order valence-electron chi connectivity index (χ4n) is 2.94. The number of hydrogen-bond acceptors (Lipinski definition) is 2. The van der Waals surface area contributed by atoms with E-state index in [9.17, 15) is 9.90 Å². The summed E-state index contributed by atoms with van der Waals surface area (Å²) in [6.07, 6.45) is 1.55. The minimum Gasteiger partial charge on any atom is -0.392 e. The number of ketones is 1. The largest absolute Gasteiger partial charge is 0.392 e. The van der Waals surface area contributed by atoms with Gasteiger partial charge in [-0.1, -0.05) is 54.6 Å². The Hall–Kier alpha value is -1.93. The highest BCUT2D eigenvalue weighted by atomic mass is 16.3. The van der Waals surface area contributed by atoms with E-state index in [0.29, 0.717) is 12.8 Å². The van der Waals surface area contributed by atoms with Crippen LogP contribution < -0.4 is 0 Å². The lowest BCUT2D eigenvalue weighted by Gasteiger charge is -2.16. The van der Waals surface area contributed by atoms with Crippen molar-refractivity contribution < 1.29 is 9.90 Å². The van der Waals surface area contributed by atoms with Crippen LogP contribution in [0.15, 0.2) is 54.6 Å². The van der Waals surface area contributed by atoms with Gasteiger partial charge in [0.2, 0.25) is 0 Å². The van der Waals surface area contributed by atoms with Crippen molar-refractivity contribution in [3.63, 3.8) is 0 Å². The molecular weight excluding hydrogens is 248 g/mol. The Balaban J connectivity index is 1.65. The molecule has 1 aliphatic carbocycles. The van der Waals surface area contributed by atoms with E-state index in [2.05, 4.69) is 12.1 Å². The molecule has 2 heteroatoms. The Kier molecular flexibility index (Phi) is 3.66. The molecular formula is C18H18O2. The van der Waals surface area contributed by atoms with Crippen molar-refractivity contribution in [2.75, 3.05) is 0 Å². The van der Waals surface area contributed by atoms with E-state index in [1.807, 2.05) is 42.5 Å². The number of fused-ring (bicyclic) bond motifs is 1. The Morgan fingerprint density at radius 1 is 1.05 bits per heavy atom. The Labute approximate surface area is 119 Å². The molecule has 0 radical (unpaired) electrons. The minimum atomic E-state index is -0.560. The van der Waals surface area contributed by atoms with Crippen molar-refractivity contribution in [1.29, 1.82) is 0 Å². The summed E-state index contributed by atoms with van der Waals surface area (Å²) in [6, 6.07) is 17.8. The molecule has 0 bridgehead atoms. The second-order valence-corrected chi connectivity index (χ2v) is 5.42.